The predicted molar refractivity (Wildman–Crippen MR) is 80.7 cm³/mol. The Kier molecular flexibility index (Phi) is 6.18. The van der Waals surface area contributed by atoms with Crippen LogP contribution in [0.25, 0.3) is 0 Å². The predicted octanol–water partition coefficient (Wildman–Crippen LogP) is 1.31. The monoisotopic (exact) mass is 277 g/mol. The Bertz CT molecular complexity index is 484. The molecule has 0 fully saturated rings. The van der Waals surface area contributed by atoms with E-state index in [0.717, 1.165) is 23.4 Å². The molecule has 0 heterocycles. The quantitative estimate of drug-likeness (QED) is 0.771. The maximum atomic E-state index is 11.8. The average Bonchev–Trinajstić information content (AvgIpc) is 2.34. The lowest BCUT2D eigenvalue weighted by molar-refractivity contribution is -0.126. The molecule has 0 unspecified atom stereocenters. The Morgan fingerprint density at radius 3 is 2.50 bits per heavy atom. The van der Waals surface area contributed by atoms with Crippen molar-refractivity contribution in [2.75, 3.05) is 32.5 Å². The highest BCUT2D eigenvalue weighted by atomic mass is 16.2. The zero-order valence-corrected chi connectivity index (χ0v) is 12.6. The number of amides is 2. The molecular formula is C15H23N3O2. The summed E-state index contributed by atoms with van der Waals surface area (Å²) in [6.45, 7) is 5.23. The largest absolute Gasteiger partial charge is 0.354 e. The van der Waals surface area contributed by atoms with Gasteiger partial charge in [-0.2, -0.15) is 0 Å². The molecule has 0 aliphatic rings. The van der Waals surface area contributed by atoms with Crippen LogP contribution in [0.1, 0.15) is 17.5 Å². The number of carbonyl (C=O) groups excluding carboxylic acids is 2. The van der Waals surface area contributed by atoms with Gasteiger partial charge in [0, 0.05) is 18.8 Å². The van der Waals surface area contributed by atoms with Crippen LogP contribution in [0.3, 0.4) is 0 Å². The van der Waals surface area contributed by atoms with Gasteiger partial charge in [0.2, 0.25) is 11.8 Å². The van der Waals surface area contributed by atoms with Crippen molar-refractivity contribution in [2.24, 2.45) is 0 Å². The molecule has 0 atom stereocenters. The Morgan fingerprint density at radius 2 is 1.85 bits per heavy atom. The van der Waals surface area contributed by atoms with Gasteiger partial charge in [-0.05, 0) is 45.1 Å². The minimum atomic E-state index is -0.291. The van der Waals surface area contributed by atoms with Crippen LogP contribution in [0, 0.1) is 13.8 Å². The minimum absolute atomic E-state index is 0.152. The first kappa shape index (κ1) is 16.2. The molecule has 0 aromatic heterocycles. The number of hydrogen-bond donors (Lipinski definition) is 2. The first-order chi connectivity index (χ1) is 9.40. The fourth-order valence-corrected chi connectivity index (χ4v) is 1.71. The fraction of sp³-hybridized carbons (Fsp3) is 0.467. The highest BCUT2D eigenvalue weighted by Crippen LogP contribution is 2.17. The molecule has 1 rings (SSSR count). The number of aryl methyl sites for hydroxylation is 1. The van der Waals surface area contributed by atoms with Gasteiger partial charge < -0.3 is 15.5 Å². The lowest BCUT2D eigenvalue weighted by atomic mass is 10.1. The molecule has 0 saturated carbocycles. The van der Waals surface area contributed by atoms with Crippen LogP contribution >= 0.6 is 0 Å². The first-order valence-electron chi connectivity index (χ1n) is 6.67. The Labute approximate surface area is 120 Å². The summed E-state index contributed by atoms with van der Waals surface area (Å²) in [7, 11) is 3.86. The van der Waals surface area contributed by atoms with Crippen molar-refractivity contribution in [3.8, 4) is 0 Å². The molecule has 1 aromatic rings. The van der Waals surface area contributed by atoms with Crippen molar-refractivity contribution in [3.05, 3.63) is 29.3 Å². The SMILES string of the molecule is Cc1cccc(NC(=O)CC(=O)NCCN(C)C)c1C. The van der Waals surface area contributed by atoms with Crippen molar-refractivity contribution in [1.29, 1.82) is 0 Å². The third-order valence-electron chi connectivity index (χ3n) is 3.08. The molecule has 0 aliphatic carbocycles. The number of carbonyl (C=O) groups is 2. The van der Waals surface area contributed by atoms with Crippen LogP contribution in [-0.4, -0.2) is 43.9 Å². The first-order valence-corrected chi connectivity index (χ1v) is 6.67. The average molecular weight is 277 g/mol. The second-order valence-electron chi connectivity index (χ2n) is 5.13. The van der Waals surface area contributed by atoms with Gasteiger partial charge in [0.1, 0.15) is 6.42 Å². The lowest BCUT2D eigenvalue weighted by Gasteiger charge is -2.12. The molecule has 2 amide bonds. The second kappa shape index (κ2) is 7.65. The van der Waals surface area contributed by atoms with E-state index >= 15 is 0 Å². The van der Waals surface area contributed by atoms with Crippen LogP contribution in [0.15, 0.2) is 18.2 Å². The summed E-state index contributed by atoms with van der Waals surface area (Å²) in [4.78, 5) is 25.4. The third-order valence-corrected chi connectivity index (χ3v) is 3.08. The number of likely N-dealkylation sites (N-methyl/N-ethyl adjacent to an activating group) is 1. The Balaban J connectivity index is 2.43. The normalized spacial score (nSPS) is 10.4. The molecule has 0 aliphatic heterocycles. The number of nitrogens with one attached hydrogen (secondary N) is 2. The van der Waals surface area contributed by atoms with Gasteiger partial charge >= 0.3 is 0 Å². The van der Waals surface area contributed by atoms with Crippen LogP contribution in [0.2, 0.25) is 0 Å². The summed E-state index contributed by atoms with van der Waals surface area (Å²) < 4.78 is 0. The standard InChI is InChI=1S/C15H23N3O2/c1-11-6-5-7-13(12(11)2)17-15(20)10-14(19)16-8-9-18(3)4/h5-7H,8-10H2,1-4H3,(H,16,19)(H,17,20). The van der Waals surface area contributed by atoms with E-state index in [0.29, 0.717) is 6.54 Å². The fourth-order valence-electron chi connectivity index (χ4n) is 1.71. The Morgan fingerprint density at radius 1 is 1.15 bits per heavy atom. The van der Waals surface area contributed by atoms with E-state index in [1.807, 2.05) is 51.0 Å². The summed E-state index contributed by atoms with van der Waals surface area (Å²) >= 11 is 0. The number of hydrogen-bond acceptors (Lipinski definition) is 3. The second-order valence-corrected chi connectivity index (χ2v) is 5.13. The third kappa shape index (κ3) is 5.40. The molecule has 0 saturated heterocycles. The maximum absolute atomic E-state index is 11.8. The van der Waals surface area contributed by atoms with Gasteiger partial charge in [-0.15, -0.1) is 0 Å². The highest BCUT2D eigenvalue weighted by Gasteiger charge is 2.10. The van der Waals surface area contributed by atoms with Gasteiger partial charge in [0.05, 0.1) is 0 Å². The van der Waals surface area contributed by atoms with Crippen LogP contribution in [0.5, 0.6) is 0 Å². The smallest absolute Gasteiger partial charge is 0.233 e. The van der Waals surface area contributed by atoms with Gasteiger partial charge in [-0.1, -0.05) is 12.1 Å². The van der Waals surface area contributed by atoms with E-state index in [2.05, 4.69) is 10.6 Å². The van der Waals surface area contributed by atoms with Crippen molar-refractivity contribution < 1.29 is 9.59 Å². The van der Waals surface area contributed by atoms with E-state index in [1.54, 1.807) is 0 Å². The molecule has 5 heteroatoms. The van der Waals surface area contributed by atoms with Gasteiger partial charge in [0.25, 0.3) is 0 Å². The van der Waals surface area contributed by atoms with Gasteiger partial charge in [-0.25, -0.2) is 0 Å². The molecule has 20 heavy (non-hydrogen) atoms. The zero-order chi connectivity index (χ0) is 15.1. The summed E-state index contributed by atoms with van der Waals surface area (Å²) in [5.41, 5.74) is 2.89. The minimum Gasteiger partial charge on any atom is -0.354 e. The highest BCUT2D eigenvalue weighted by molar-refractivity contribution is 6.03. The van der Waals surface area contributed by atoms with E-state index in [9.17, 15) is 9.59 Å². The molecule has 1 aromatic carbocycles. The van der Waals surface area contributed by atoms with Crippen LogP contribution in [0.4, 0.5) is 5.69 Å². The van der Waals surface area contributed by atoms with Crippen LogP contribution < -0.4 is 10.6 Å². The topological polar surface area (TPSA) is 61.4 Å². The summed E-state index contributed by atoms with van der Waals surface area (Å²) in [6.07, 6.45) is -0.152. The molecule has 5 nitrogen and oxygen atoms in total. The summed E-state index contributed by atoms with van der Waals surface area (Å²) in [6, 6.07) is 5.71. The van der Waals surface area contributed by atoms with Crippen molar-refractivity contribution in [3.63, 3.8) is 0 Å². The summed E-state index contributed by atoms with van der Waals surface area (Å²) in [5, 5.41) is 5.49. The van der Waals surface area contributed by atoms with Crippen molar-refractivity contribution >= 4 is 17.5 Å². The number of benzene rings is 1. The zero-order valence-electron chi connectivity index (χ0n) is 12.6. The molecule has 0 radical (unpaired) electrons. The van der Waals surface area contributed by atoms with Gasteiger partial charge in [-0.3, -0.25) is 9.59 Å². The summed E-state index contributed by atoms with van der Waals surface area (Å²) in [5.74, 6) is -0.546. The van der Waals surface area contributed by atoms with E-state index in [1.165, 1.54) is 0 Å². The van der Waals surface area contributed by atoms with Crippen LogP contribution in [-0.2, 0) is 9.59 Å². The lowest BCUT2D eigenvalue weighted by Crippen LogP contribution is -2.33. The maximum Gasteiger partial charge on any atom is 0.233 e. The molecule has 2 N–H and O–H groups in total. The van der Waals surface area contributed by atoms with Crippen molar-refractivity contribution in [1.82, 2.24) is 10.2 Å². The number of nitrogens with zero attached hydrogens (tertiary/aromatic N) is 1. The van der Waals surface area contributed by atoms with E-state index < -0.39 is 0 Å². The molecule has 0 spiro atoms. The molecular weight excluding hydrogens is 254 g/mol. The number of anilines is 1. The van der Waals surface area contributed by atoms with Gasteiger partial charge in [0.15, 0.2) is 0 Å². The van der Waals surface area contributed by atoms with E-state index in [-0.39, 0.29) is 18.2 Å². The van der Waals surface area contributed by atoms with Crippen molar-refractivity contribution in [2.45, 2.75) is 20.3 Å². The molecule has 0 bridgehead atoms. The number of rotatable bonds is 6. The Hall–Kier alpha value is -1.88. The van der Waals surface area contributed by atoms with E-state index in [4.69, 9.17) is 0 Å². The molecule has 110 valence electrons.